The molecule has 0 fully saturated rings. The normalized spacial score (nSPS) is 12.5. The number of aromatic hydroxyl groups is 2. The van der Waals surface area contributed by atoms with Crippen LogP contribution in [-0.2, 0) is 10.8 Å². The van der Waals surface area contributed by atoms with E-state index in [1.165, 1.54) is 5.56 Å². The van der Waals surface area contributed by atoms with Crippen LogP contribution in [0.25, 0.3) is 11.1 Å². The average Bonchev–Trinajstić information content (AvgIpc) is 2.37. The molecule has 0 aliphatic rings. The molecule has 2 nitrogen and oxygen atoms in total. The molecule has 0 spiro atoms. The van der Waals surface area contributed by atoms with Crippen molar-refractivity contribution in [2.45, 2.75) is 52.4 Å². The SMILES string of the molecule is CC(C)(C)c1ccc(O)c(-c2ccc(O)c(C(C)(C)C)c2)c1. The van der Waals surface area contributed by atoms with Gasteiger partial charge in [-0.25, -0.2) is 0 Å². The number of rotatable bonds is 1. The summed E-state index contributed by atoms with van der Waals surface area (Å²) in [5, 5.41) is 20.4. The van der Waals surface area contributed by atoms with Gasteiger partial charge in [0.1, 0.15) is 11.5 Å². The van der Waals surface area contributed by atoms with Gasteiger partial charge in [0.2, 0.25) is 0 Å². The number of benzene rings is 2. The lowest BCUT2D eigenvalue weighted by Gasteiger charge is -2.23. The van der Waals surface area contributed by atoms with Crippen LogP contribution in [0.15, 0.2) is 36.4 Å². The molecular weight excluding hydrogens is 272 g/mol. The van der Waals surface area contributed by atoms with E-state index in [4.69, 9.17) is 0 Å². The molecule has 2 aromatic carbocycles. The van der Waals surface area contributed by atoms with Gasteiger partial charge in [0.15, 0.2) is 0 Å². The molecule has 0 heterocycles. The molecular formula is C20H26O2. The maximum atomic E-state index is 10.3. The molecule has 2 rings (SSSR count). The van der Waals surface area contributed by atoms with E-state index in [0.29, 0.717) is 5.75 Å². The standard InChI is InChI=1S/C20H26O2/c1-19(2,3)14-8-10-17(21)15(12-14)13-7-9-18(22)16(11-13)20(4,5)6/h7-12,21-22H,1-6H3. The van der Waals surface area contributed by atoms with Crippen LogP contribution in [0.2, 0.25) is 0 Å². The molecule has 0 saturated heterocycles. The molecule has 2 aromatic rings. The summed E-state index contributed by atoms with van der Waals surface area (Å²) in [4.78, 5) is 0. The smallest absolute Gasteiger partial charge is 0.123 e. The molecule has 0 radical (unpaired) electrons. The Kier molecular flexibility index (Phi) is 3.99. The summed E-state index contributed by atoms with van der Waals surface area (Å²) >= 11 is 0. The van der Waals surface area contributed by atoms with Crippen molar-refractivity contribution in [3.05, 3.63) is 47.5 Å². The van der Waals surface area contributed by atoms with Gasteiger partial charge < -0.3 is 10.2 Å². The first kappa shape index (κ1) is 16.4. The van der Waals surface area contributed by atoms with Crippen LogP contribution in [0.3, 0.4) is 0 Å². The number of phenolic OH excluding ortho intramolecular Hbond substituents is 2. The zero-order chi connectivity index (χ0) is 16.7. The van der Waals surface area contributed by atoms with E-state index in [-0.39, 0.29) is 16.6 Å². The Balaban J connectivity index is 2.62. The maximum absolute atomic E-state index is 10.3. The van der Waals surface area contributed by atoms with E-state index in [2.05, 4.69) is 41.5 Å². The minimum absolute atomic E-state index is 0.0201. The van der Waals surface area contributed by atoms with Crippen LogP contribution in [0.5, 0.6) is 11.5 Å². The van der Waals surface area contributed by atoms with Crippen molar-refractivity contribution in [1.29, 1.82) is 0 Å². The molecule has 0 aromatic heterocycles. The van der Waals surface area contributed by atoms with Gasteiger partial charge in [-0.3, -0.25) is 0 Å². The Morgan fingerprint density at radius 2 is 1.27 bits per heavy atom. The molecule has 0 aliphatic heterocycles. The number of phenols is 2. The first-order valence-corrected chi connectivity index (χ1v) is 7.67. The Bertz CT molecular complexity index is 686. The quantitative estimate of drug-likeness (QED) is 0.744. The molecule has 22 heavy (non-hydrogen) atoms. The molecule has 2 N–H and O–H groups in total. The Hall–Kier alpha value is -1.96. The molecule has 0 saturated carbocycles. The summed E-state index contributed by atoms with van der Waals surface area (Å²) in [6.45, 7) is 12.7. The van der Waals surface area contributed by atoms with Crippen LogP contribution in [0, 0.1) is 0 Å². The van der Waals surface area contributed by atoms with E-state index in [9.17, 15) is 10.2 Å². The molecule has 0 amide bonds. The highest BCUT2D eigenvalue weighted by Crippen LogP contribution is 2.38. The third-order valence-electron chi connectivity index (χ3n) is 3.98. The summed E-state index contributed by atoms with van der Waals surface area (Å²) in [5.74, 6) is 0.557. The highest BCUT2D eigenvalue weighted by molar-refractivity contribution is 5.73. The minimum atomic E-state index is -0.155. The lowest BCUT2D eigenvalue weighted by atomic mass is 9.83. The molecule has 118 valence electrons. The third kappa shape index (κ3) is 3.27. The van der Waals surface area contributed by atoms with Gasteiger partial charge in [0, 0.05) is 5.56 Å². The van der Waals surface area contributed by atoms with E-state index in [1.54, 1.807) is 12.1 Å². The van der Waals surface area contributed by atoms with Gasteiger partial charge >= 0.3 is 0 Å². The van der Waals surface area contributed by atoms with E-state index >= 15 is 0 Å². The third-order valence-corrected chi connectivity index (χ3v) is 3.98. The monoisotopic (exact) mass is 298 g/mol. The van der Waals surface area contributed by atoms with Crippen LogP contribution in [0.1, 0.15) is 52.7 Å². The number of hydrogen-bond acceptors (Lipinski definition) is 2. The van der Waals surface area contributed by atoms with E-state index in [0.717, 1.165) is 16.7 Å². The van der Waals surface area contributed by atoms with Gasteiger partial charge in [-0.15, -0.1) is 0 Å². The van der Waals surface area contributed by atoms with Crippen LogP contribution >= 0.6 is 0 Å². The molecule has 0 atom stereocenters. The summed E-state index contributed by atoms with van der Waals surface area (Å²) in [7, 11) is 0. The van der Waals surface area contributed by atoms with Gasteiger partial charge in [0.25, 0.3) is 0 Å². The first-order chi connectivity index (χ1) is 10.00. The zero-order valence-corrected chi connectivity index (χ0v) is 14.4. The van der Waals surface area contributed by atoms with Crippen molar-refractivity contribution in [2.24, 2.45) is 0 Å². The van der Waals surface area contributed by atoms with Crippen LogP contribution in [-0.4, -0.2) is 10.2 Å². The lowest BCUT2D eigenvalue weighted by molar-refractivity contribution is 0.446. The predicted molar refractivity (Wildman–Crippen MR) is 92.6 cm³/mol. The first-order valence-electron chi connectivity index (χ1n) is 7.67. The topological polar surface area (TPSA) is 40.5 Å². The van der Waals surface area contributed by atoms with Crippen LogP contribution in [0.4, 0.5) is 0 Å². The predicted octanol–water partition coefficient (Wildman–Crippen LogP) is 5.36. The molecule has 0 bridgehead atoms. The minimum Gasteiger partial charge on any atom is -0.508 e. The fourth-order valence-corrected chi connectivity index (χ4v) is 2.54. The Labute approximate surface area is 133 Å². The summed E-state index contributed by atoms with van der Waals surface area (Å²) in [6, 6.07) is 11.3. The fourth-order valence-electron chi connectivity index (χ4n) is 2.54. The Morgan fingerprint density at radius 1 is 0.682 bits per heavy atom. The van der Waals surface area contributed by atoms with E-state index < -0.39 is 0 Å². The van der Waals surface area contributed by atoms with Crippen molar-refractivity contribution in [3.63, 3.8) is 0 Å². The van der Waals surface area contributed by atoms with Crippen molar-refractivity contribution in [1.82, 2.24) is 0 Å². The van der Waals surface area contributed by atoms with Crippen molar-refractivity contribution < 1.29 is 10.2 Å². The van der Waals surface area contributed by atoms with Gasteiger partial charge in [-0.1, -0.05) is 53.7 Å². The highest BCUT2D eigenvalue weighted by Gasteiger charge is 2.20. The average molecular weight is 298 g/mol. The van der Waals surface area contributed by atoms with Gasteiger partial charge in [0.05, 0.1) is 0 Å². The van der Waals surface area contributed by atoms with E-state index in [1.807, 2.05) is 24.3 Å². The zero-order valence-electron chi connectivity index (χ0n) is 14.4. The van der Waals surface area contributed by atoms with Crippen molar-refractivity contribution in [2.75, 3.05) is 0 Å². The van der Waals surface area contributed by atoms with Crippen molar-refractivity contribution in [3.8, 4) is 22.6 Å². The second-order valence-electron chi connectivity index (χ2n) is 7.96. The largest absolute Gasteiger partial charge is 0.508 e. The molecule has 0 aliphatic carbocycles. The number of hydrogen-bond donors (Lipinski definition) is 2. The highest BCUT2D eigenvalue weighted by atomic mass is 16.3. The van der Waals surface area contributed by atoms with Crippen LogP contribution < -0.4 is 0 Å². The second-order valence-corrected chi connectivity index (χ2v) is 7.96. The molecule has 2 heteroatoms. The summed E-state index contributed by atoms with van der Waals surface area (Å²) in [6.07, 6.45) is 0. The maximum Gasteiger partial charge on any atom is 0.123 e. The fraction of sp³-hybridized carbons (Fsp3) is 0.400. The summed E-state index contributed by atoms with van der Waals surface area (Å²) in [5.41, 5.74) is 3.64. The van der Waals surface area contributed by atoms with Gasteiger partial charge in [-0.05, 0) is 51.8 Å². The lowest BCUT2D eigenvalue weighted by Crippen LogP contribution is -2.12. The Morgan fingerprint density at radius 3 is 1.82 bits per heavy atom. The molecule has 0 unspecified atom stereocenters. The van der Waals surface area contributed by atoms with Gasteiger partial charge in [-0.2, -0.15) is 0 Å². The van der Waals surface area contributed by atoms with Crippen molar-refractivity contribution >= 4 is 0 Å². The summed E-state index contributed by atoms with van der Waals surface area (Å²) < 4.78 is 0. The second kappa shape index (κ2) is 5.35.